The third kappa shape index (κ3) is 7.37. The normalized spacial score (nSPS) is 10.4. The van der Waals surface area contributed by atoms with Crippen LogP contribution in [-0.4, -0.2) is 23.3 Å². The van der Waals surface area contributed by atoms with Crippen LogP contribution in [0.3, 0.4) is 0 Å². The van der Waals surface area contributed by atoms with E-state index in [-0.39, 0.29) is 18.3 Å². The molecule has 2 aromatic carbocycles. The number of pyridine rings is 1. The molecule has 0 unspecified atom stereocenters. The number of aromatic nitrogens is 1. The fourth-order valence-corrected chi connectivity index (χ4v) is 3.55. The van der Waals surface area contributed by atoms with Crippen LogP contribution in [-0.2, 0) is 21.8 Å². The number of hydrogen-bond acceptors (Lipinski definition) is 5. The van der Waals surface area contributed by atoms with Gasteiger partial charge in [0.2, 0.25) is 0 Å². The van der Waals surface area contributed by atoms with Gasteiger partial charge in [-0.2, -0.15) is 0 Å². The lowest BCUT2D eigenvalue weighted by Crippen LogP contribution is -2.20. The second kappa shape index (κ2) is 11.2. The van der Waals surface area contributed by atoms with Crippen molar-refractivity contribution in [3.8, 4) is 5.75 Å². The summed E-state index contributed by atoms with van der Waals surface area (Å²) in [5.74, 6) is 1.35. The van der Waals surface area contributed by atoms with Gasteiger partial charge in [-0.3, -0.25) is 4.79 Å². The van der Waals surface area contributed by atoms with E-state index in [0.717, 1.165) is 27.6 Å². The SMILES string of the molecule is CC(=O)CCc1ccc(OCC(=O)Nc2cccc(CSc3ccccn3)c2)cc1. The summed E-state index contributed by atoms with van der Waals surface area (Å²) >= 11 is 1.65. The first-order chi connectivity index (χ1) is 14.6. The molecular formula is C24H24N2O3S. The number of ether oxygens (including phenoxy) is 1. The summed E-state index contributed by atoms with van der Waals surface area (Å²) in [5, 5.41) is 3.83. The zero-order valence-corrected chi connectivity index (χ0v) is 17.7. The van der Waals surface area contributed by atoms with E-state index in [4.69, 9.17) is 4.74 Å². The van der Waals surface area contributed by atoms with Crippen molar-refractivity contribution in [1.29, 1.82) is 0 Å². The number of nitrogens with zero attached hydrogens (tertiary/aromatic N) is 1. The van der Waals surface area contributed by atoms with E-state index in [0.29, 0.717) is 18.6 Å². The van der Waals surface area contributed by atoms with E-state index in [1.165, 1.54) is 0 Å². The van der Waals surface area contributed by atoms with Crippen molar-refractivity contribution in [2.45, 2.75) is 30.5 Å². The topological polar surface area (TPSA) is 68.3 Å². The van der Waals surface area contributed by atoms with Gasteiger partial charge in [0.1, 0.15) is 11.5 Å². The van der Waals surface area contributed by atoms with Crippen LogP contribution < -0.4 is 10.1 Å². The first-order valence-electron chi connectivity index (χ1n) is 9.72. The number of thioether (sulfide) groups is 1. The molecule has 0 spiro atoms. The standard InChI is InChI=1S/C24H24N2O3S/c1-18(27)8-9-19-10-12-22(13-11-19)29-16-23(28)26-21-6-4-5-20(15-21)17-30-24-7-2-3-14-25-24/h2-7,10-15H,8-9,16-17H2,1H3,(H,26,28). The van der Waals surface area contributed by atoms with Gasteiger partial charge < -0.3 is 14.8 Å². The Hall–Kier alpha value is -3.12. The summed E-state index contributed by atoms with van der Waals surface area (Å²) in [6, 6.07) is 21.1. The van der Waals surface area contributed by atoms with E-state index < -0.39 is 0 Å². The summed E-state index contributed by atoms with van der Waals surface area (Å²) in [6.07, 6.45) is 3.02. The van der Waals surface area contributed by atoms with Crippen LogP contribution in [0.5, 0.6) is 5.75 Å². The molecule has 6 heteroatoms. The van der Waals surface area contributed by atoms with Gasteiger partial charge in [0.05, 0.1) is 5.03 Å². The van der Waals surface area contributed by atoms with Gasteiger partial charge in [0.15, 0.2) is 6.61 Å². The van der Waals surface area contributed by atoms with Crippen molar-refractivity contribution in [3.63, 3.8) is 0 Å². The number of nitrogens with one attached hydrogen (secondary N) is 1. The third-order valence-corrected chi connectivity index (χ3v) is 5.31. The summed E-state index contributed by atoms with van der Waals surface area (Å²) in [6.45, 7) is 1.52. The van der Waals surface area contributed by atoms with Crippen LogP contribution in [0.25, 0.3) is 0 Å². The highest BCUT2D eigenvalue weighted by atomic mass is 32.2. The number of hydrogen-bond donors (Lipinski definition) is 1. The minimum absolute atomic E-state index is 0.0697. The molecule has 0 aliphatic rings. The molecular weight excluding hydrogens is 396 g/mol. The predicted octanol–water partition coefficient (Wildman–Crippen LogP) is 4.91. The second-order valence-electron chi connectivity index (χ2n) is 6.84. The van der Waals surface area contributed by atoms with Gasteiger partial charge in [-0.05, 0) is 60.9 Å². The van der Waals surface area contributed by atoms with Gasteiger partial charge in [-0.1, -0.05) is 30.3 Å². The predicted molar refractivity (Wildman–Crippen MR) is 120 cm³/mol. The van der Waals surface area contributed by atoms with Gasteiger partial charge in [0, 0.05) is 24.1 Å². The Kier molecular flexibility index (Phi) is 8.03. The molecule has 1 N–H and O–H groups in total. The van der Waals surface area contributed by atoms with Crippen molar-refractivity contribution in [3.05, 3.63) is 84.1 Å². The molecule has 5 nitrogen and oxygen atoms in total. The zero-order chi connectivity index (χ0) is 21.2. The largest absolute Gasteiger partial charge is 0.484 e. The Morgan fingerprint density at radius 2 is 1.83 bits per heavy atom. The van der Waals surface area contributed by atoms with Crippen molar-refractivity contribution < 1.29 is 14.3 Å². The van der Waals surface area contributed by atoms with Crippen LogP contribution in [0, 0.1) is 0 Å². The quantitative estimate of drug-likeness (QED) is 0.472. The number of ketones is 1. The van der Waals surface area contributed by atoms with E-state index in [1.807, 2.05) is 66.7 Å². The zero-order valence-electron chi connectivity index (χ0n) is 16.8. The van der Waals surface area contributed by atoms with Gasteiger partial charge >= 0.3 is 0 Å². The lowest BCUT2D eigenvalue weighted by Gasteiger charge is -2.09. The fraction of sp³-hybridized carbons (Fsp3) is 0.208. The average molecular weight is 421 g/mol. The van der Waals surface area contributed by atoms with Crippen LogP contribution in [0.1, 0.15) is 24.5 Å². The first-order valence-corrected chi connectivity index (χ1v) is 10.7. The van der Waals surface area contributed by atoms with Crippen molar-refractivity contribution >= 4 is 29.1 Å². The Labute approximate surface area is 180 Å². The molecule has 3 rings (SSSR count). The summed E-state index contributed by atoms with van der Waals surface area (Å²) in [7, 11) is 0. The maximum Gasteiger partial charge on any atom is 0.262 e. The minimum Gasteiger partial charge on any atom is -0.484 e. The highest BCUT2D eigenvalue weighted by Gasteiger charge is 2.06. The van der Waals surface area contributed by atoms with Crippen LogP contribution in [0.4, 0.5) is 5.69 Å². The van der Waals surface area contributed by atoms with Gasteiger partial charge in [-0.25, -0.2) is 4.98 Å². The van der Waals surface area contributed by atoms with Gasteiger partial charge in [-0.15, -0.1) is 11.8 Å². The number of amides is 1. The number of anilines is 1. The lowest BCUT2D eigenvalue weighted by atomic mass is 10.1. The molecule has 0 saturated heterocycles. The molecule has 0 bridgehead atoms. The maximum absolute atomic E-state index is 12.2. The van der Waals surface area contributed by atoms with Crippen molar-refractivity contribution in [2.75, 3.05) is 11.9 Å². The third-order valence-electron chi connectivity index (χ3n) is 4.29. The molecule has 154 valence electrons. The molecule has 0 aliphatic heterocycles. The molecule has 1 heterocycles. The average Bonchev–Trinajstić information content (AvgIpc) is 2.76. The van der Waals surface area contributed by atoms with Crippen LogP contribution in [0.15, 0.2) is 78.0 Å². The molecule has 0 fully saturated rings. The Balaban J connectivity index is 1.46. The smallest absolute Gasteiger partial charge is 0.262 e. The van der Waals surface area contributed by atoms with Crippen molar-refractivity contribution in [2.24, 2.45) is 0 Å². The molecule has 0 radical (unpaired) electrons. The Bertz CT molecular complexity index is 975. The van der Waals surface area contributed by atoms with Gasteiger partial charge in [0.25, 0.3) is 5.91 Å². The second-order valence-corrected chi connectivity index (χ2v) is 7.84. The van der Waals surface area contributed by atoms with E-state index in [1.54, 1.807) is 24.9 Å². The first kappa shape index (κ1) is 21.6. The molecule has 30 heavy (non-hydrogen) atoms. The highest BCUT2D eigenvalue weighted by Crippen LogP contribution is 2.22. The number of aryl methyl sites for hydroxylation is 1. The summed E-state index contributed by atoms with van der Waals surface area (Å²) in [5.41, 5.74) is 2.91. The minimum atomic E-state index is -0.217. The van der Waals surface area contributed by atoms with Crippen LogP contribution >= 0.6 is 11.8 Å². The number of rotatable bonds is 10. The number of Topliss-reactive ketones (excluding diaryl/α,β-unsaturated/α-hetero) is 1. The molecule has 1 aromatic heterocycles. The molecule has 0 atom stereocenters. The summed E-state index contributed by atoms with van der Waals surface area (Å²) in [4.78, 5) is 27.6. The van der Waals surface area contributed by atoms with Crippen LogP contribution in [0.2, 0.25) is 0 Å². The van der Waals surface area contributed by atoms with E-state index in [2.05, 4.69) is 10.3 Å². The Morgan fingerprint density at radius 1 is 1.00 bits per heavy atom. The lowest BCUT2D eigenvalue weighted by molar-refractivity contribution is -0.118. The molecule has 0 aliphatic carbocycles. The molecule has 0 saturated carbocycles. The van der Waals surface area contributed by atoms with Crippen molar-refractivity contribution in [1.82, 2.24) is 4.98 Å². The fourth-order valence-electron chi connectivity index (χ4n) is 2.75. The highest BCUT2D eigenvalue weighted by molar-refractivity contribution is 7.98. The number of carbonyl (C=O) groups excluding carboxylic acids is 2. The Morgan fingerprint density at radius 3 is 2.57 bits per heavy atom. The summed E-state index contributed by atoms with van der Waals surface area (Å²) < 4.78 is 5.56. The molecule has 3 aromatic rings. The van der Waals surface area contributed by atoms with E-state index in [9.17, 15) is 9.59 Å². The monoisotopic (exact) mass is 420 g/mol. The van der Waals surface area contributed by atoms with E-state index >= 15 is 0 Å². The number of carbonyl (C=O) groups is 2. The maximum atomic E-state index is 12.2. The number of benzene rings is 2. The molecule has 1 amide bonds.